The smallest absolute Gasteiger partial charge is 0.338 e. The quantitative estimate of drug-likeness (QED) is 0.597. The molecule has 0 aliphatic carbocycles. The van der Waals surface area contributed by atoms with Crippen LogP contribution in [0.2, 0.25) is 0 Å². The number of likely N-dealkylation sites (N-methyl/N-ethyl adjacent to an activating group) is 1. The van der Waals surface area contributed by atoms with Crippen LogP contribution in [0.25, 0.3) is 0 Å². The van der Waals surface area contributed by atoms with Gasteiger partial charge >= 0.3 is 12.0 Å². The van der Waals surface area contributed by atoms with Crippen LogP contribution >= 0.6 is 0 Å². The Morgan fingerprint density at radius 1 is 1.27 bits per heavy atom. The lowest BCUT2D eigenvalue weighted by Crippen LogP contribution is -2.48. The molecule has 1 aromatic carbocycles. The molecule has 164 valence electrons. The van der Waals surface area contributed by atoms with Gasteiger partial charge in [0.25, 0.3) is 0 Å². The second-order valence-electron chi connectivity index (χ2n) is 7.51. The van der Waals surface area contributed by atoms with Gasteiger partial charge in [-0.05, 0) is 51.2 Å². The molecule has 0 saturated carbocycles. The number of esters is 1. The van der Waals surface area contributed by atoms with E-state index in [1.807, 2.05) is 6.92 Å². The number of aromatic hydroxyl groups is 1. The Labute approximate surface area is 176 Å². The van der Waals surface area contributed by atoms with Gasteiger partial charge in [-0.2, -0.15) is 0 Å². The predicted octanol–water partition coefficient (Wildman–Crippen LogP) is 1.21. The highest BCUT2D eigenvalue weighted by Crippen LogP contribution is 2.34. The van der Waals surface area contributed by atoms with Crippen molar-refractivity contribution in [3.63, 3.8) is 0 Å². The molecule has 1 atom stereocenters. The molecule has 9 nitrogen and oxygen atoms in total. The van der Waals surface area contributed by atoms with Crippen LogP contribution in [0, 0.1) is 0 Å². The number of amides is 2. The molecule has 2 heterocycles. The zero-order valence-corrected chi connectivity index (χ0v) is 17.7. The van der Waals surface area contributed by atoms with Crippen molar-refractivity contribution in [2.45, 2.75) is 19.4 Å². The van der Waals surface area contributed by atoms with Crippen molar-refractivity contribution in [2.24, 2.45) is 0 Å². The van der Waals surface area contributed by atoms with Crippen molar-refractivity contribution in [1.82, 2.24) is 20.4 Å². The number of carbonyl (C=O) groups is 2. The van der Waals surface area contributed by atoms with Crippen LogP contribution in [-0.4, -0.2) is 80.4 Å². The molecule has 30 heavy (non-hydrogen) atoms. The third-order valence-corrected chi connectivity index (χ3v) is 5.37. The molecular formula is C21H30N4O5. The maximum absolute atomic E-state index is 12.7. The van der Waals surface area contributed by atoms with Crippen molar-refractivity contribution in [2.75, 3.05) is 53.5 Å². The zero-order chi connectivity index (χ0) is 21.7. The van der Waals surface area contributed by atoms with Crippen LogP contribution in [0.3, 0.4) is 0 Å². The minimum absolute atomic E-state index is 0.00151. The van der Waals surface area contributed by atoms with Crippen molar-refractivity contribution in [3.05, 3.63) is 35.0 Å². The van der Waals surface area contributed by atoms with E-state index in [9.17, 15) is 14.7 Å². The van der Waals surface area contributed by atoms with Crippen LogP contribution in [0.1, 0.15) is 24.9 Å². The fourth-order valence-electron chi connectivity index (χ4n) is 3.81. The van der Waals surface area contributed by atoms with E-state index in [2.05, 4.69) is 27.5 Å². The van der Waals surface area contributed by atoms with Gasteiger partial charge in [-0.15, -0.1) is 0 Å². The number of phenols is 1. The summed E-state index contributed by atoms with van der Waals surface area (Å²) < 4.78 is 10.5. The van der Waals surface area contributed by atoms with Gasteiger partial charge < -0.3 is 30.1 Å². The topological polar surface area (TPSA) is 103 Å². The van der Waals surface area contributed by atoms with E-state index in [0.717, 1.165) is 32.6 Å². The van der Waals surface area contributed by atoms with Crippen LogP contribution < -0.4 is 15.4 Å². The van der Waals surface area contributed by atoms with Crippen molar-refractivity contribution < 1.29 is 24.2 Å². The first-order chi connectivity index (χ1) is 14.4. The SMILES string of the molecule is CCOc1cc(C2NC(=O)NC(CN3CCCN(C)CC3)=C2C(=O)OC)ccc1O. The average molecular weight is 418 g/mol. The van der Waals surface area contributed by atoms with Crippen LogP contribution in [0.5, 0.6) is 11.5 Å². The number of methoxy groups -OCH3 is 1. The molecule has 3 N–H and O–H groups in total. The Morgan fingerprint density at radius 2 is 2.07 bits per heavy atom. The first kappa shape index (κ1) is 21.9. The molecule has 0 bridgehead atoms. The third kappa shape index (κ3) is 5.03. The number of nitrogens with one attached hydrogen (secondary N) is 2. The van der Waals surface area contributed by atoms with Crippen LogP contribution in [-0.2, 0) is 9.53 Å². The maximum atomic E-state index is 12.7. The molecule has 1 saturated heterocycles. The molecule has 1 aromatic rings. The molecule has 1 unspecified atom stereocenters. The molecule has 0 aromatic heterocycles. The molecular weight excluding hydrogens is 388 g/mol. The van der Waals surface area contributed by atoms with Gasteiger partial charge in [0, 0.05) is 25.3 Å². The van der Waals surface area contributed by atoms with Gasteiger partial charge in [-0.1, -0.05) is 6.07 Å². The summed E-state index contributed by atoms with van der Waals surface area (Å²) in [5.74, 6) is -0.219. The Bertz CT molecular complexity index is 826. The fraction of sp³-hybridized carbons (Fsp3) is 0.524. The Morgan fingerprint density at radius 3 is 2.80 bits per heavy atom. The highest BCUT2D eigenvalue weighted by molar-refractivity contribution is 5.95. The third-order valence-electron chi connectivity index (χ3n) is 5.37. The van der Waals surface area contributed by atoms with Gasteiger partial charge in [-0.3, -0.25) is 4.90 Å². The summed E-state index contributed by atoms with van der Waals surface area (Å²) in [6.45, 7) is 6.30. The Hall–Kier alpha value is -2.78. The summed E-state index contributed by atoms with van der Waals surface area (Å²) in [6, 6.07) is 3.69. The Kier molecular flexibility index (Phi) is 7.17. The lowest BCUT2D eigenvalue weighted by molar-refractivity contribution is -0.136. The number of hydrogen-bond acceptors (Lipinski definition) is 7. The minimum atomic E-state index is -0.712. The molecule has 9 heteroatoms. The van der Waals surface area contributed by atoms with Gasteiger partial charge in [0.15, 0.2) is 11.5 Å². The van der Waals surface area contributed by atoms with Crippen molar-refractivity contribution >= 4 is 12.0 Å². The minimum Gasteiger partial charge on any atom is -0.504 e. The summed E-state index contributed by atoms with van der Waals surface area (Å²) in [5, 5.41) is 15.6. The molecule has 2 aliphatic heterocycles. The number of benzene rings is 1. The first-order valence-corrected chi connectivity index (χ1v) is 10.2. The number of phenolic OH excluding ortho intramolecular Hbond substituents is 1. The lowest BCUT2D eigenvalue weighted by Gasteiger charge is -2.31. The zero-order valence-electron chi connectivity index (χ0n) is 17.7. The van der Waals surface area contributed by atoms with E-state index < -0.39 is 12.0 Å². The van der Waals surface area contributed by atoms with E-state index in [1.165, 1.54) is 13.2 Å². The largest absolute Gasteiger partial charge is 0.504 e. The number of nitrogens with zero attached hydrogens (tertiary/aromatic N) is 2. The number of ether oxygens (including phenoxy) is 2. The van der Waals surface area contributed by atoms with Crippen LogP contribution in [0.4, 0.5) is 4.79 Å². The number of urea groups is 1. The number of carbonyl (C=O) groups excluding carboxylic acids is 2. The summed E-state index contributed by atoms with van der Waals surface area (Å²) in [5.41, 5.74) is 1.51. The van der Waals surface area contributed by atoms with Gasteiger partial charge in [0.05, 0.1) is 25.3 Å². The second kappa shape index (κ2) is 9.82. The molecule has 2 amide bonds. The molecule has 0 spiro atoms. The fourth-order valence-corrected chi connectivity index (χ4v) is 3.81. The van der Waals surface area contributed by atoms with Crippen molar-refractivity contribution in [1.29, 1.82) is 0 Å². The number of hydrogen-bond donors (Lipinski definition) is 3. The summed E-state index contributed by atoms with van der Waals surface area (Å²) in [6.07, 6.45) is 1.02. The normalized spacial score (nSPS) is 20.9. The van der Waals surface area contributed by atoms with E-state index in [-0.39, 0.29) is 11.8 Å². The second-order valence-corrected chi connectivity index (χ2v) is 7.51. The van der Waals surface area contributed by atoms with E-state index in [0.29, 0.717) is 35.7 Å². The van der Waals surface area contributed by atoms with E-state index in [1.54, 1.807) is 12.1 Å². The van der Waals surface area contributed by atoms with E-state index in [4.69, 9.17) is 9.47 Å². The monoisotopic (exact) mass is 418 g/mol. The van der Waals surface area contributed by atoms with Gasteiger partial charge in [0.2, 0.25) is 0 Å². The number of rotatable bonds is 6. The molecule has 1 fully saturated rings. The van der Waals surface area contributed by atoms with Crippen LogP contribution in [0.15, 0.2) is 29.5 Å². The van der Waals surface area contributed by atoms with Gasteiger partial charge in [-0.25, -0.2) is 9.59 Å². The Balaban J connectivity index is 1.97. The summed E-state index contributed by atoms with van der Waals surface area (Å²) in [4.78, 5) is 29.7. The first-order valence-electron chi connectivity index (χ1n) is 10.2. The molecule has 2 aliphatic rings. The average Bonchev–Trinajstić information content (AvgIpc) is 2.93. The summed E-state index contributed by atoms with van der Waals surface area (Å²) >= 11 is 0. The van der Waals surface area contributed by atoms with Gasteiger partial charge in [0.1, 0.15) is 0 Å². The highest BCUT2D eigenvalue weighted by atomic mass is 16.5. The van der Waals surface area contributed by atoms with E-state index >= 15 is 0 Å². The van der Waals surface area contributed by atoms with Crippen molar-refractivity contribution in [3.8, 4) is 11.5 Å². The molecule has 0 radical (unpaired) electrons. The lowest BCUT2D eigenvalue weighted by atomic mass is 9.94. The highest BCUT2D eigenvalue weighted by Gasteiger charge is 2.34. The molecule has 3 rings (SSSR count). The standard InChI is InChI=1S/C21H30N4O5/c1-4-30-17-12-14(6-7-16(17)26)19-18(20(27)29-3)15(22-21(28)23-19)13-25-9-5-8-24(2)10-11-25/h6-7,12,19,26H,4-5,8-11,13H2,1-3H3,(H2,22,23,28). The maximum Gasteiger partial charge on any atom is 0.338 e. The predicted molar refractivity (Wildman–Crippen MR) is 111 cm³/mol. The summed E-state index contributed by atoms with van der Waals surface area (Å²) in [7, 11) is 3.41.